The minimum atomic E-state index is -3.80. The van der Waals surface area contributed by atoms with E-state index in [1.165, 1.54) is 6.07 Å². The second kappa shape index (κ2) is 2.88. The molecule has 0 fully saturated rings. The molecule has 12 heavy (non-hydrogen) atoms. The van der Waals surface area contributed by atoms with Gasteiger partial charge in [-0.05, 0) is 25.5 Å². The lowest BCUT2D eigenvalue weighted by molar-refractivity contribution is 0.595. The molecule has 1 N–H and O–H groups in total. The second-order valence-electron chi connectivity index (χ2n) is 2.77. The predicted molar refractivity (Wildman–Crippen MR) is 46.2 cm³/mol. The average molecular weight is 184 g/mol. The molecule has 0 unspecified atom stereocenters. The van der Waals surface area contributed by atoms with Crippen LogP contribution in [0.25, 0.3) is 0 Å². The van der Waals surface area contributed by atoms with Gasteiger partial charge in [0.1, 0.15) is 0 Å². The van der Waals surface area contributed by atoms with E-state index in [-0.39, 0.29) is 4.90 Å². The first-order valence-corrected chi connectivity index (χ1v) is 4.96. The van der Waals surface area contributed by atoms with Crippen molar-refractivity contribution in [1.82, 2.24) is 5.14 Å². The zero-order chi connectivity index (χ0) is 9.35. The first kappa shape index (κ1) is 9.22. The summed E-state index contributed by atoms with van der Waals surface area (Å²) in [6.45, 7) is 3.57. The lowest BCUT2D eigenvalue weighted by atomic mass is 10.2. The minimum Gasteiger partial charge on any atom is -0.206 e. The molecule has 4 heteroatoms. The van der Waals surface area contributed by atoms with E-state index in [0.717, 1.165) is 5.56 Å². The second-order valence-corrected chi connectivity index (χ2v) is 4.22. The van der Waals surface area contributed by atoms with Gasteiger partial charge in [-0.1, -0.05) is 17.7 Å². The van der Waals surface area contributed by atoms with Crippen molar-refractivity contribution >= 4 is 10.0 Å². The molecule has 0 atom stereocenters. The van der Waals surface area contributed by atoms with Crippen LogP contribution in [0.5, 0.6) is 0 Å². The van der Waals surface area contributed by atoms with Gasteiger partial charge in [-0.3, -0.25) is 0 Å². The first-order valence-electron chi connectivity index (χ1n) is 3.48. The lowest BCUT2D eigenvalue weighted by Gasteiger charge is -2.02. The number of nitrogens with one attached hydrogen (secondary N) is 1. The van der Waals surface area contributed by atoms with Gasteiger partial charge in [-0.2, -0.15) is 0 Å². The van der Waals surface area contributed by atoms with Gasteiger partial charge in [0.15, 0.2) is 0 Å². The molecule has 1 aromatic carbocycles. The predicted octanol–water partition coefficient (Wildman–Crippen LogP) is 1.28. The highest BCUT2D eigenvalue weighted by Gasteiger charge is 2.10. The fourth-order valence-corrected chi connectivity index (χ4v) is 1.83. The summed E-state index contributed by atoms with van der Waals surface area (Å²) in [6, 6.07) is 4.91. The molecule has 1 aromatic rings. The Morgan fingerprint density at radius 2 is 1.83 bits per heavy atom. The maximum atomic E-state index is 10.8. The van der Waals surface area contributed by atoms with Crippen LogP contribution in [0.3, 0.4) is 0 Å². The average Bonchev–Trinajstić information content (AvgIpc) is 1.83. The molecular weight excluding hydrogens is 174 g/mol. The maximum absolute atomic E-state index is 10.8. The van der Waals surface area contributed by atoms with Crippen LogP contribution < -0.4 is 5.14 Å². The van der Waals surface area contributed by atoms with Crippen LogP contribution in [0.15, 0.2) is 23.1 Å². The smallest absolute Gasteiger partial charge is 0.206 e. The van der Waals surface area contributed by atoms with E-state index in [9.17, 15) is 8.42 Å². The number of rotatable bonds is 1. The Balaban J connectivity index is 3.39. The van der Waals surface area contributed by atoms with Crippen LogP contribution in [-0.2, 0) is 10.0 Å². The van der Waals surface area contributed by atoms with Gasteiger partial charge in [0, 0.05) is 0 Å². The zero-order valence-electron chi connectivity index (χ0n) is 6.96. The van der Waals surface area contributed by atoms with Crippen LogP contribution in [0, 0.1) is 13.8 Å². The fraction of sp³-hybridized carbons (Fsp3) is 0.250. The molecule has 1 rings (SSSR count). The van der Waals surface area contributed by atoms with Gasteiger partial charge in [-0.15, -0.1) is 5.14 Å². The zero-order valence-corrected chi connectivity index (χ0v) is 7.77. The van der Waals surface area contributed by atoms with Gasteiger partial charge in [-0.25, -0.2) is 8.42 Å². The van der Waals surface area contributed by atoms with E-state index >= 15 is 0 Å². The summed E-state index contributed by atoms with van der Waals surface area (Å²) in [5.74, 6) is 0. The third kappa shape index (κ3) is 1.84. The van der Waals surface area contributed by atoms with Crippen molar-refractivity contribution in [3.05, 3.63) is 29.3 Å². The Labute approximate surface area is 72.3 Å². The molecule has 3 nitrogen and oxygen atoms in total. The van der Waals surface area contributed by atoms with Crippen molar-refractivity contribution < 1.29 is 8.42 Å². The number of benzene rings is 1. The molecule has 0 saturated heterocycles. The van der Waals surface area contributed by atoms with Gasteiger partial charge in [0.25, 0.3) is 10.0 Å². The van der Waals surface area contributed by atoms with Crippen LogP contribution in [0.1, 0.15) is 11.1 Å². The molecule has 0 aliphatic carbocycles. The van der Waals surface area contributed by atoms with Crippen molar-refractivity contribution in [2.45, 2.75) is 18.7 Å². The summed E-state index contributed by atoms with van der Waals surface area (Å²) in [4.78, 5) is 0.0908. The van der Waals surface area contributed by atoms with Crippen LogP contribution >= 0.6 is 0 Å². The third-order valence-corrected chi connectivity index (χ3v) is 2.66. The molecule has 0 amide bonds. The van der Waals surface area contributed by atoms with Crippen molar-refractivity contribution in [2.75, 3.05) is 0 Å². The minimum absolute atomic E-state index is 0.0908. The SMILES string of the molecule is Cc1ccc(S([NH])(=O)=O)c(C)c1. The van der Waals surface area contributed by atoms with Crippen LogP contribution in [0.4, 0.5) is 0 Å². The quantitative estimate of drug-likeness (QED) is 0.660. The standard InChI is InChI=1S/C8H10NO2S/c1-6-3-4-8(7(2)5-6)12(9,10)11/h3-5,9H,1-2H3. The Morgan fingerprint density at radius 3 is 2.25 bits per heavy atom. The summed E-state index contributed by atoms with van der Waals surface area (Å²) in [5, 5.41) is 6.86. The monoisotopic (exact) mass is 184 g/mol. The van der Waals surface area contributed by atoms with Gasteiger partial charge < -0.3 is 0 Å². The van der Waals surface area contributed by atoms with E-state index in [0.29, 0.717) is 5.56 Å². The molecule has 0 aliphatic heterocycles. The molecule has 1 radical (unpaired) electrons. The first-order chi connectivity index (χ1) is 5.41. The van der Waals surface area contributed by atoms with E-state index in [2.05, 4.69) is 0 Å². The largest absolute Gasteiger partial charge is 0.254 e. The number of aryl methyl sites for hydroxylation is 2. The molecular formula is C8H10NO2S. The Hall–Kier alpha value is -0.870. The highest BCUT2D eigenvalue weighted by atomic mass is 32.2. The lowest BCUT2D eigenvalue weighted by Crippen LogP contribution is -2.02. The summed E-state index contributed by atoms with van der Waals surface area (Å²) in [7, 11) is -3.80. The van der Waals surface area contributed by atoms with Crippen LogP contribution in [-0.4, -0.2) is 8.42 Å². The van der Waals surface area contributed by atoms with Crippen molar-refractivity contribution in [1.29, 1.82) is 0 Å². The molecule has 0 aliphatic rings. The van der Waals surface area contributed by atoms with Crippen molar-refractivity contribution in [3.63, 3.8) is 0 Å². The van der Waals surface area contributed by atoms with E-state index in [1.807, 2.05) is 6.92 Å². The molecule has 0 spiro atoms. The third-order valence-electron chi connectivity index (χ3n) is 1.62. The molecule has 0 heterocycles. The van der Waals surface area contributed by atoms with Gasteiger partial charge in [0.2, 0.25) is 0 Å². The molecule has 0 bridgehead atoms. The summed E-state index contributed by atoms with van der Waals surface area (Å²) < 4.78 is 21.7. The molecule has 0 aromatic heterocycles. The Morgan fingerprint density at radius 1 is 1.25 bits per heavy atom. The van der Waals surface area contributed by atoms with Gasteiger partial charge >= 0.3 is 0 Å². The summed E-state index contributed by atoms with van der Waals surface area (Å²) >= 11 is 0. The Kier molecular flexibility index (Phi) is 2.21. The van der Waals surface area contributed by atoms with Crippen LogP contribution in [0.2, 0.25) is 0 Å². The van der Waals surface area contributed by atoms with Crippen molar-refractivity contribution in [3.8, 4) is 0 Å². The molecule has 65 valence electrons. The highest BCUT2D eigenvalue weighted by molar-refractivity contribution is 7.88. The van der Waals surface area contributed by atoms with E-state index in [4.69, 9.17) is 5.14 Å². The Bertz CT molecular complexity index is 396. The number of hydrogen-bond acceptors (Lipinski definition) is 2. The van der Waals surface area contributed by atoms with E-state index < -0.39 is 10.0 Å². The fourth-order valence-electron chi connectivity index (χ4n) is 1.10. The van der Waals surface area contributed by atoms with Gasteiger partial charge in [0.05, 0.1) is 4.90 Å². The normalized spacial score (nSPS) is 11.6. The maximum Gasteiger partial charge on any atom is 0.254 e. The van der Waals surface area contributed by atoms with Crippen molar-refractivity contribution in [2.24, 2.45) is 0 Å². The summed E-state index contributed by atoms with van der Waals surface area (Å²) in [5.41, 5.74) is 1.63. The number of hydrogen-bond donors (Lipinski definition) is 0. The highest BCUT2D eigenvalue weighted by Crippen LogP contribution is 2.14. The molecule has 0 saturated carbocycles. The van der Waals surface area contributed by atoms with E-state index in [1.54, 1.807) is 19.1 Å². The number of sulfonamides is 1. The topological polar surface area (TPSA) is 57.9 Å². The summed E-state index contributed by atoms with van der Waals surface area (Å²) in [6.07, 6.45) is 0.